The quantitative estimate of drug-likeness (QED) is 0.761. The number of fused-ring (bicyclic) bond motifs is 1. The van der Waals surface area contributed by atoms with Gasteiger partial charge in [-0.25, -0.2) is 13.8 Å². The second-order valence-electron chi connectivity index (χ2n) is 2.27. The highest BCUT2D eigenvalue weighted by molar-refractivity contribution is 7.22. The van der Waals surface area contributed by atoms with Gasteiger partial charge in [-0.3, -0.25) is 0 Å². The lowest BCUT2D eigenvalue weighted by atomic mass is 10.3. The van der Waals surface area contributed by atoms with E-state index in [9.17, 15) is 8.78 Å². The zero-order valence-corrected chi connectivity index (χ0v) is 8.58. The lowest BCUT2D eigenvalue weighted by molar-refractivity contribution is 0.295. The number of anilines is 1. The van der Waals surface area contributed by atoms with Crippen molar-refractivity contribution in [2.45, 2.75) is 0 Å². The van der Waals surface area contributed by atoms with Gasteiger partial charge in [0.2, 0.25) is 6.93 Å². The largest absolute Gasteiger partial charge is 0.375 e. The Morgan fingerprint density at radius 1 is 1.43 bits per heavy atom. The molecule has 0 aliphatic rings. The number of halogens is 3. The smallest absolute Gasteiger partial charge is 0.229 e. The Balaban J connectivity index is 0.000000293. The van der Waals surface area contributed by atoms with Crippen LogP contribution in [-0.2, 0) is 0 Å². The van der Waals surface area contributed by atoms with E-state index in [4.69, 9.17) is 17.3 Å². The Morgan fingerprint density at radius 2 is 2.07 bits per heavy atom. The van der Waals surface area contributed by atoms with Crippen molar-refractivity contribution in [3.8, 4) is 0 Å². The third-order valence-corrected chi connectivity index (χ3v) is 2.45. The van der Waals surface area contributed by atoms with Crippen LogP contribution >= 0.6 is 22.9 Å². The predicted octanol–water partition coefficient (Wildman–Crippen LogP) is 3.41. The summed E-state index contributed by atoms with van der Waals surface area (Å²) >= 11 is 7.21. The summed E-state index contributed by atoms with van der Waals surface area (Å²) in [5.74, 6) is 0. The number of thiazole rings is 1. The molecular weight excluding hydrogens is 230 g/mol. The van der Waals surface area contributed by atoms with E-state index >= 15 is 0 Å². The second kappa shape index (κ2) is 5.07. The lowest BCUT2D eigenvalue weighted by Crippen LogP contribution is -1.78. The molecule has 0 aliphatic carbocycles. The van der Waals surface area contributed by atoms with Crippen LogP contribution in [0.25, 0.3) is 10.2 Å². The fraction of sp³-hybridized carbons (Fsp3) is 0.125. The molecule has 6 heteroatoms. The molecule has 0 bridgehead atoms. The van der Waals surface area contributed by atoms with Gasteiger partial charge in [0.1, 0.15) is 0 Å². The number of nitrogen functional groups attached to an aromatic ring is 1. The maximum atomic E-state index is 9.62. The molecule has 0 fully saturated rings. The minimum atomic E-state index is -1.75. The molecule has 0 unspecified atom stereocenters. The van der Waals surface area contributed by atoms with Gasteiger partial charge >= 0.3 is 0 Å². The van der Waals surface area contributed by atoms with Crippen LogP contribution in [0.5, 0.6) is 0 Å². The molecule has 0 saturated carbocycles. The van der Waals surface area contributed by atoms with Crippen molar-refractivity contribution < 1.29 is 8.78 Å². The van der Waals surface area contributed by atoms with E-state index in [2.05, 4.69) is 4.98 Å². The highest BCUT2D eigenvalue weighted by Gasteiger charge is 1.99. The molecule has 14 heavy (non-hydrogen) atoms. The highest BCUT2D eigenvalue weighted by atomic mass is 35.5. The Hall–Kier alpha value is -0.940. The van der Waals surface area contributed by atoms with Crippen molar-refractivity contribution in [1.82, 2.24) is 4.98 Å². The first-order valence-corrected chi connectivity index (χ1v) is 4.80. The monoisotopic (exact) mass is 236 g/mol. The molecule has 1 heterocycles. The highest BCUT2D eigenvalue weighted by Crippen LogP contribution is 2.25. The van der Waals surface area contributed by atoms with Crippen LogP contribution in [0.2, 0.25) is 5.02 Å². The van der Waals surface area contributed by atoms with Crippen molar-refractivity contribution in [3.63, 3.8) is 0 Å². The Kier molecular flexibility index (Phi) is 4.03. The van der Waals surface area contributed by atoms with Gasteiger partial charge in [0.25, 0.3) is 0 Å². The molecule has 0 aliphatic heterocycles. The maximum Gasteiger partial charge on any atom is 0.229 e. The number of benzene rings is 1. The number of rotatable bonds is 0. The van der Waals surface area contributed by atoms with E-state index in [-0.39, 0.29) is 0 Å². The summed E-state index contributed by atoms with van der Waals surface area (Å²) in [6, 6.07) is 5.54. The van der Waals surface area contributed by atoms with Gasteiger partial charge in [-0.2, -0.15) is 0 Å². The van der Waals surface area contributed by atoms with Gasteiger partial charge in [-0.15, -0.1) is 0 Å². The maximum absolute atomic E-state index is 9.62. The van der Waals surface area contributed by atoms with Gasteiger partial charge < -0.3 is 5.73 Å². The zero-order chi connectivity index (χ0) is 10.6. The Bertz CT molecular complexity index is 419. The number of hydrogen-bond donors (Lipinski definition) is 1. The van der Waals surface area contributed by atoms with Crippen molar-refractivity contribution in [3.05, 3.63) is 23.2 Å². The van der Waals surface area contributed by atoms with Crippen LogP contribution in [0.4, 0.5) is 13.9 Å². The molecule has 2 aromatic rings. The van der Waals surface area contributed by atoms with Gasteiger partial charge in [-0.05, 0) is 18.2 Å². The predicted molar refractivity (Wildman–Crippen MR) is 56.1 cm³/mol. The number of alkyl halides is 2. The molecule has 76 valence electrons. The van der Waals surface area contributed by atoms with E-state index in [1.54, 1.807) is 0 Å². The zero-order valence-electron chi connectivity index (χ0n) is 7.01. The first kappa shape index (κ1) is 11.1. The molecule has 0 saturated heterocycles. The Morgan fingerprint density at radius 3 is 2.71 bits per heavy atom. The van der Waals surface area contributed by atoms with Crippen LogP contribution < -0.4 is 5.73 Å². The summed E-state index contributed by atoms with van der Waals surface area (Å²) in [7, 11) is 0. The molecule has 1 aromatic heterocycles. The van der Waals surface area contributed by atoms with Crippen LogP contribution in [0.3, 0.4) is 0 Å². The normalized spacial score (nSPS) is 9.64. The van der Waals surface area contributed by atoms with Gasteiger partial charge in [0.15, 0.2) is 5.13 Å². The summed E-state index contributed by atoms with van der Waals surface area (Å²) in [5.41, 5.74) is 6.42. The van der Waals surface area contributed by atoms with E-state index < -0.39 is 6.93 Å². The van der Waals surface area contributed by atoms with Crippen molar-refractivity contribution in [1.29, 1.82) is 0 Å². The van der Waals surface area contributed by atoms with E-state index in [1.165, 1.54) is 11.3 Å². The van der Waals surface area contributed by atoms with Gasteiger partial charge in [-0.1, -0.05) is 22.9 Å². The van der Waals surface area contributed by atoms with E-state index in [0.29, 0.717) is 5.13 Å². The molecule has 2 nitrogen and oxygen atoms in total. The van der Waals surface area contributed by atoms with Crippen LogP contribution in [0.15, 0.2) is 18.2 Å². The molecule has 2 N–H and O–H groups in total. The number of nitrogens with zero attached hydrogens (tertiary/aromatic N) is 1. The summed E-state index contributed by atoms with van der Waals surface area (Å²) in [5, 5.41) is 1.31. The lowest BCUT2D eigenvalue weighted by Gasteiger charge is -1.86. The molecule has 0 radical (unpaired) electrons. The van der Waals surface area contributed by atoms with Gasteiger partial charge in [0, 0.05) is 5.02 Å². The minimum Gasteiger partial charge on any atom is -0.375 e. The van der Waals surface area contributed by atoms with Crippen molar-refractivity contribution >= 4 is 38.3 Å². The average molecular weight is 237 g/mol. The fourth-order valence-electron chi connectivity index (χ4n) is 0.916. The summed E-state index contributed by atoms with van der Waals surface area (Å²) in [6.45, 7) is -1.75. The molecule has 0 spiro atoms. The second-order valence-corrected chi connectivity index (χ2v) is 3.76. The summed E-state index contributed by atoms with van der Waals surface area (Å²) in [4.78, 5) is 4.09. The SMILES string of the molecule is FCF.Nc1nc2ccc(Cl)cc2s1. The summed E-state index contributed by atoms with van der Waals surface area (Å²) in [6.07, 6.45) is 0. The minimum absolute atomic E-state index is 0.585. The number of hydrogen-bond acceptors (Lipinski definition) is 3. The standard InChI is InChI=1S/C7H5ClN2S.CH2F2/c8-4-1-2-5-6(3-4)11-7(9)10-5;2-1-3/h1-3H,(H2,9,10);1H2. The molecular formula is C8H7ClF2N2S. The number of nitrogens with two attached hydrogens (primary N) is 1. The van der Waals surface area contributed by atoms with Crippen LogP contribution in [0, 0.1) is 0 Å². The van der Waals surface area contributed by atoms with Gasteiger partial charge in [0.05, 0.1) is 10.2 Å². The van der Waals surface area contributed by atoms with E-state index in [0.717, 1.165) is 15.2 Å². The van der Waals surface area contributed by atoms with Crippen LogP contribution in [-0.4, -0.2) is 11.9 Å². The van der Waals surface area contributed by atoms with E-state index in [1.807, 2.05) is 18.2 Å². The third-order valence-electron chi connectivity index (χ3n) is 1.37. The summed E-state index contributed by atoms with van der Waals surface area (Å²) < 4.78 is 20.3. The molecule has 0 atom stereocenters. The molecule has 0 amide bonds. The van der Waals surface area contributed by atoms with Crippen molar-refractivity contribution in [2.24, 2.45) is 0 Å². The third kappa shape index (κ3) is 2.78. The first-order valence-electron chi connectivity index (χ1n) is 3.61. The van der Waals surface area contributed by atoms with Crippen molar-refractivity contribution in [2.75, 3.05) is 12.7 Å². The Labute approximate surface area is 88.3 Å². The first-order chi connectivity index (χ1) is 6.67. The fourth-order valence-corrected chi connectivity index (χ4v) is 1.93. The van der Waals surface area contributed by atoms with Crippen LogP contribution in [0.1, 0.15) is 0 Å². The molecule has 1 aromatic carbocycles. The molecule has 2 rings (SSSR count). The average Bonchev–Trinajstić information content (AvgIpc) is 2.45. The number of aromatic nitrogens is 1. The topological polar surface area (TPSA) is 38.9 Å².